The minimum Gasteiger partial charge on any atom is -0.464 e. The molecule has 1 amide bonds. The lowest BCUT2D eigenvalue weighted by atomic mass is 9.92. The predicted molar refractivity (Wildman–Crippen MR) is 103 cm³/mol. The van der Waals surface area contributed by atoms with Gasteiger partial charge in [-0.3, -0.25) is 9.69 Å². The van der Waals surface area contributed by atoms with Crippen LogP contribution < -0.4 is 5.32 Å². The number of piperidine rings is 1. The van der Waals surface area contributed by atoms with Crippen molar-refractivity contribution < 1.29 is 14.3 Å². The van der Waals surface area contributed by atoms with Crippen molar-refractivity contribution in [1.29, 1.82) is 0 Å². The number of nitrogens with one attached hydrogen (secondary N) is 2. The van der Waals surface area contributed by atoms with Gasteiger partial charge in [-0.25, -0.2) is 4.79 Å². The van der Waals surface area contributed by atoms with Gasteiger partial charge in [0.25, 0.3) is 0 Å². The first-order valence-corrected chi connectivity index (χ1v) is 9.17. The molecule has 1 aliphatic heterocycles. The zero-order chi connectivity index (χ0) is 18.8. The van der Waals surface area contributed by atoms with Crippen molar-refractivity contribution in [1.82, 2.24) is 9.88 Å². The average Bonchev–Trinajstić information content (AvgIpc) is 2.92. The maximum Gasteiger partial charge on any atom is 0.356 e. The summed E-state index contributed by atoms with van der Waals surface area (Å²) in [7, 11) is 1.30. The van der Waals surface area contributed by atoms with Crippen molar-refractivity contribution in [2.75, 3.05) is 32.1 Å². The van der Waals surface area contributed by atoms with Crippen LogP contribution in [0.25, 0.3) is 10.9 Å². The van der Waals surface area contributed by atoms with Gasteiger partial charge in [-0.2, -0.15) is 0 Å². The number of rotatable bonds is 4. The monoisotopic (exact) mass is 377 g/mol. The number of esters is 1. The largest absolute Gasteiger partial charge is 0.464 e. The summed E-state index contributed by atoms with van der Waals surface area (Å²) in [5.74, 6) is 0.421. The number of benzene rings is 1. The molecule has 1 aromatic carbocycles. The number of aromatic nitrogens is 1. The second-order valence-corrected chi connectivity index (χ2v) is 7.62. The van der Waals surface area contributed by atoms with E-state index in [2.05, 4.69) is 29.0 Å². The molecule has 0 unspecified atom stereocenters. The average molecular weight is 378 g/mol. The third-order valence-corrected chi connectivity index (χ3v) is 5.05. The minimum atomic E-state index is -0.548. The maximum atomic E-state index is 12.6. The second kappa shape index (κ2) is 7.68. The smallest absolute Gasteiger partial charge is 0.356 e. The molecule has 2 N–H and O–H groups in total. The number of likely N-dealkylation sites (tertiary alicyclic amines) is 1. The molecule has 26 heavy (non-hydrogen) atoms. The number of aromatic amines is 1. The Hall–Kier alpha value is -2.05. The van der Waals surface area contributed by atoms with E-state index in [1.807, 2.05) is 0 Å². The number of nitrogens with zero attached hydrogens (tertiary/aromatic N) is 1. The number of methoxy groups -OCH3 is 1. The van der Waals surface area contributed by atoms with Crippen LogP contribution >= 0.6 is 11.6 Å². The highest BCUT2D eigenvalue weighted by Crippen LogP contribution is 2.34. The lowest BCUT2D eigenvalue weighted by Crippen LogP contribution is -2.42. The lowest BCUT2D eigenvalue weighted by molar-refractivity contribution is -0.117. The van der Waals surface area contributed by atoms with Crippen LogP contribution in [0.3, 0.4) is 0 Å². The van der Waals surface area contributed by atoms with Crippen molar-refractivity contribution in [3.63, 3.8) is 0 Å². The highest BCUT2D eigenvalue weighted by Gasteiger charge is 2.25. The van der Waals surface area contributed by atoms with Crippen molar-refractivity contribution in [3.8, 4) is 0 Å². The first-order chi connectivity index (χ1) is 12.4. The third kappa shape index (κ3) is 3.86. The molecule has 1 saturated heterocycles. The summed E-state index contributed by atoms with van der Waals surface area (Å²) in [4.78, 5) is 29.9. The van der Waals surface area contributed by atoms with E-state index in [1.165, 1.54) is 13.5 Å². The Balaban J connectivity index is 1.85. The number of halogens is 1. The quantitative estimate of drug-likeness (QED) is 0.799. The molecule has 7 heteroatoms. The Morgan fingerprint density at radius 2 is 2.00 bits per heavy atom. The van der Waals surface area contributed by atoms with E-state index in [0.717, 1.165) is 13.1 Å². The number of hydrogen-bond donors (Lipinski definition) is 2. The molecule has 1 aliphatic rings. The number of anilines is 1. The molecule has 0 saturated carbocycles. The van der Waals surface area contributed by atoms with Gasteiger partial charge in [0, 0.05) is 24.0 Å². The zero-order valence-electron chi connectivity index (χ0n) is 15.3. The first-order valence-electron chi connectivity index (χ1n) is 8.79. The minimum absolute atomic E-state index is 0.169. The Morgan fingerprint density at radius 1 is 1.31 bits per heavy atom. The molecule has 0 bridgehead atoms. The fourth-order valence-electron chi connectivity index (χ4n) is 3.89. The fourth-order valence-corrected chi connectivity index (χ4v) is 4.16. The van der Waals surface area contributed by atoms with Gasteiger partial charge >= 0.3 is 5.97 Å². The van der Waals surface area contributed by atoms with Crippen LogP contribution in [-0.4, -0.2) is 48.5 Å². The number of fused-ring (bicyclic) bond motifs is 1. The maximum absolute atomic E-state index is 12.6. The Bertz CT molecular complexity index is 823. The Kier molecular flexibility index (Phi) is 5.53. The van der Waals surface area contributed by atoms with Crippen LogP contribution in [0.5, 0.6) is 0 Å². The van der Waals surface area contributed by atoms with Gasteiger partial charge in [-0.15, -0.1) is 0 Å². The van der Waals surface area contributed by atoms with Crippen LogP contribution in [0.2, 0.25) is 5.02 Å². The van der Waals surface area contributed by atoms with Gasteiger partial charge in [0.05, 0.1) is 24.4 Å². The van der Waals surface area contributed by atoms with E-state index in [-0.39, 0.29) is 18.1 Å². The van der Waals surface area contributed by atoms with Crippen LogP contribution in [-0.2, 0) is 9.53 Å². The summed E-state index contributed by atoms with van der Waals surface area (Å²) in [6.45, 7) is 6.49. The van der Waals surface area contributed by atoms with Crippen molar-refractivity contribution in [3.05, 3.63) is 28.9 Å². The number of hydrogen-bond acceptors (Lipinski definition) is 4. The number of carbonyl (C=O) groups is 2. The van der Waals surface area contributed by atoms with Crippen LogP contribution in [0.15, 0.2) is 18.2 Å². The zero-order valence-corrected chi connectivity index (χ0v) is 16.0. The Morgan fingerprint density at radius 3 is 2.65 bits per heavy atom. The molecule has 0 radical (unpaired) electrons. The molecule has 2 heterocycles. The second-order valence-electron chi connectivity index (χ2n) is 7.22. The molecule has 3 rings (SSSR count). The summed E-state index contributed by atoms with van der Waals surface area (Å²) in [6, 6.07) is 5.31. The van der Waals surface area contributed by atoms with E-state index < -0.39 is 5.97 Å². The normalized spacial score (nSPS) is 20.9. The lowest BCUT2D eigenvalue weighted by Gasteiger charge is -2.34. The van der Waals surface area contributed by atoms with Crippen molar-refractivity contribution in [2.24, 2.45) is 11.8 Å². The summed E-state index contributed by atoms with van der Waals surface area (Å²) in [6.07, 6.45) is 1.18. The standard InChI is InChI=1S/C19H24ClN3O3/c1-11-7-12(2)9-23(8-11)10-15(24)22-17-16-13(20)5-4-6-14(16)21-18(17)19(25)26-3/h4-6,11-12,21H,7-10H2,1-3H3,(H,22,24)/t11-,12-/m1/s1. The number of ether oxygens (including phenoxy) is 1. The molecular formula is C19H24ClN3O3. The van der Waals surface area contributed by atoms with Gasteiger partial charge in [0.2, 0.25) is 5.91 Å². The molecule has 2 aromatic rings. The molecule has 140 valence electrons. The SMILES string of the molecule is COC(=O)c1[nH]c2cccc(Cl)c2c1NC(=O)CN1C[C@H](C)C[C@@H](C)C1. The van der Waals surface area contributed by atoms with E-state index in [1.54, 1.807) is 18.2 Å². The molecule has 1 aromatic heterocycles. The van der Waals surface area contributed by atoms with Crippen molar-refractivity contribution in [2.45, 2.75) is 20.3 Å². The van der Waals surface area contributed by atoms with E-state index in [4.69, 9.17) is 16.3 Å². The van der Waals surface area contributed by atoms with E-state index in [0.29, 0.717) is 33.4 Å². The van der Waals surface area contributed by atoms with Crippen LogP contribution in [0, 0.1) is 11.8 Å². The summed E-state index contributed by atoms with van der Waals surface area (Å²) in [5.41, 5.74) is 1.25. The van der Waals surface area contributed by atoms with E-state index >= 15 is 0 Å². The summed E-state index contributed by atoms with van der Waals surface area (Å²) in [5, 5.41) is 3.95. The summed E-state index contributed by atoms with van der Waals surface area (Å²) < 4.78 is 4.83. The highest BCUT2D eigenvalue weighted by molar-refractivity contribution is 6.37. The van der Waals surface area contributed by atoms with E-state index in [9.17, 15) is 9.59 Å². The molecule has 2 atom stereocenters. The number of H-pyrrole nitrogens is 1. The fraction of sp³-hybridized carbons (Fsp3) is 0.474. The molecular weight excluding hydrogens is 354 g/mol. The molecule has 0 aliphatic carbocycles. The van der Waals surface area contributed by atoms with Gasteiger partial charge in [-0.1, -0.05) is 31.5 Å². The van der Waals surface area contributed by atoms with Gasteiger partial charge in [-0.05, 0) is 30.4 Å². The third-order valence-electron chi connectivity index (χ3n) is 4.74. The van der Waals surface area contributed by atoms with Gasteiger partial charge in [0.15, 0.2) is 0 Å². The first kappa shape index (κ1) is 18.7. The predicted octanol–water partition coefficient (Wildman–Crippen LogP) is 3.52. The highest BCUT2D eigenvalue weighted by atomic mass is 35.5. The van der Waals surface area contributed by atoms with Gasteiger partial charge < -0.3 is 15.0 Å². The van der Waals surface area contributed by atoms with Crippen LogP contribution in [0.1, 0.15) is 30.8 Å². The van der Waals surface area contributed by atoms with Gasteiger partial charge in [0.1, 0.15) is 5.69 Å². The molecule has 6 nitrogen and oxygen atoms in total. The number of amides is 1. The topological polar surface area (TPSA) is 74.4 Å². The Labute approximate surface area is 157 Å². The van der Waals surface area contributed by atoms with Crippen molar-refractivity contribution >= 4 is 40.1 Å². The van der Waals surface area contributed by atoms with Crippen LogP contribution in [0.4, 0.5) is 5.69 Å². The number of carbonyl (C=O) groups excluding carboxylic acids is 2. The summed E-state index contributed by atoms with van der Waals surface area (Å²) >= 11 is 6.30. The molecule has 1 fully saturated rings. The molecule has 0 spiro atoms.